The lowest BCUT2D eigenvalue weighted by molar-refractivity contribution is -0.159. The Bertz CT molecular complexity index is 1090. The number of hydrogen-bond donors (Lipinski definition) is 2. The summed E-state index contributed by atoms with van der Waals surface area (Å²) in [6, 6.07) is 17.3. The standard InChI is InChI=1S/C28H36N2O7.C4H10/c1-27(2,3)37-26(34)30-22(19-35-17-20-12-8-6-9-13-20)24(32)29-16-23(31)28(4,5)25(33)36-18-21-14-10-7-11-15-21;1-4(2)3/h6-15,22H,16-19H2,1-5H3,(H,29,32)(H,30,34);4H,1-3H3. The van der Waals surface area contributed by atoms with E-state index in [2.05, 4.69) is 31.4 Å². The number of amides is 2. The molecule has 9 nitrogen and oxygen atoms in total. The fourth-order valence-electron chi connectivity index (χ4n) is 3.03. The molecule has 9 heteroatoms. The van der Waals surface area contributed by atoms with E-state index < -0.39 is 47.4 Å². The van der Waals surface area contributed by atoms with Gasteiger partial charge in [0.15, 0.2) is 5.78 Å². The van der Waals surface area contributed by atoms with Crippen LogP contribution in [0.3, 0.4) is 0 Å². The van der Waals surface area contributed by atoms with E-state index in [1.54, 1.807) is 32.9 Å². The smallest absolute Gasteiger partial charge is 0.408 e. The number of hydrogen-bond acceptors (Lipinski definition) is 7. The number of alkyl carbamates (subject to hydrolysis) is 1. The number of nitrogens with one attached hydrogen (secondary N) is 2. The van der Waals surface area contributed by atoms with Gasteiger partial charge in [-0.05, 0) is 51.7 Å². The monoisotopic (exact) mass is 570 g/mol. The maximum absolute atomic E-state index is 12.9. The van der Waals surface area contributed by atoms with Crippen molar-refractivity contribution >= 4 is 23.8 Å². The highest BCUT2D eigenvalue weighted by Gasteiger charge is 2.38. The zero-order chi connectivity index (χ0) is 31.1. The van der Waals surface area contributed by atoms with Crippen molar-refractivity contribution in [1.82, 2.24) is 10.6 Å². The summed E-state index contributed by atoms with van der Waals surface area (Å²) in [5, 5.41) is 4.97. The van der Waals surface area contributed by atoms with Crippen LogP contribution in [0.2, 0.25) is 0 Å². The molecule has 41 heavy (non-hydrogen) atoms. The first-order chi connectivity index (χ1) is 19.1. The SMILES string of the molecule is CC(C)(C)OC(=O)NC(COCc1ccccc1)C(=O)NCC(=O)C(C)(C)C(=O)OCc1ccccc1.CC(C)C. The molecule has 2 aromatic rings. The van der Waals surface area contributed by atoms with E-state index in [-0.39, 0.29) is 19.8 Å². The van der Waals surface area contributed by atoms with E-state index in [0.29, 0.717) is 0 Å². The molecule has 2 amide bonds. The molecule has 0 spiro atoms. The summed E-state index contributed by atoms with van der Waals surface area (Å²) in [4.78, 5) is 50.5. The average molecular weight is 571 g/mol. The highest BCUT2D eigenvalue weighted by Crippen LogP contribution is 2.20. The molecule has 1 atom stereocenters. The maximum Gasteiger partial charge on any atom is 0.408 e. The van der Waals surface area contributed by atoms with Crippen molar-refractivity contribution in [1.29, 1.82) is 0 Å². The van der Waals surface area contributed by atoms with Crippen LogP contribution in [0, 0.1) is 11.3 Å². The number of ketones is 1. The highest BCUT2D eigenvalue weighted by molar-refractivity contribution is 6.05. The van der Waals surface area contributed by atoms with Crippen molar-refractivity contribution in [2.75, 3.05) is 13.2 Å². The van der Waals surface area contributed by atoms with Crippen molar-refractivity contribution in [3.8, 4) is 0 Å². The lowest BCUT2D eigenvalue weighted by Gasteiger charge is -2.24. The summed E-state index contributed by atoms with van der Waals surface area (Å²) < 4.78 is 16.2. The fourth-order valence-corrected chi connectivity index (χ4v) is 3.03. The largest absolute Gasteiger partial charge is 0.460 e. The van der Waals surface area contributed by atoms with Crippen LogP contribution >= 0.6 is 0 Å². The maximum atomic E-state index is 12.9. The van der Waals surface area contributed by atoms with Crippen LogP contribution in [-0.4, -0.2) is 48.5 Å². The van der Waals surface area contributed by atoms with Crippen LogP contribution < -0.4 is 10.6 Å². The Morgan fingerprint density at radius 3 is 1.76 bits per heavy atom. The second-order valence-corrected chi connectivity index (χ2v) is 11.8. The molecule has 2 rings (SSSR count). The van der Waals surface area contributed by atoms with Gasteiger partial charge in [0, 0.05) is 0 Å². The minimum Gasteiger partial charge on any atom is -0.460 e. The molecule has 0 aromatic heterocycles. The lowest BCUT2D eigenvalue weighted by atomic mass is 9.88. The van der Waals surface area contributed by atoms with E-state index in [1.165, 1.54) is 13.8 Å². The Balaban J connectivity index is 0.00000196. The minimum absolute atomic E-state index is 0.0311. The number of rotatable bonds is 12. The predicted octanol–water partition coefficient (Wildman–Crippen LogP) is 5.21. The molecule has 0 radical (unpaired) electrons. The first-order valence-electron chi connectivity index (χ1n) is 13.7. The van der Waals surface area contributed by atoms with Crippen molar-refractivity contribution in [3.63, 3.8) is 0 Å². The van der Waals surface area contributed by atoms with Gasteiger partial charge < -0.3 is 24.8 Å². The van der Waals surface area contributed by atoms with Crippen molar-refractivity contribution in [2.45, 2.75) is 80.2 Å². The van der Waals surface area contributed by atoms with Gasteiger partial charge in [-0.25, -0.2) is 4.79 Å². The first kappa shape index (κ1) is 35.3. The quantitative estimate of drug-likeness (QED) is 0.265. The van der Waals surface area contributed by atoms with Gasteiger partial charge >= 0.3 is 12.1 Å². The predicted molar refractivity (Wildman–Crippen MR) is 158 cm³/mol. The average Bonchev–Trinajstić information content (AvgIpc) is 2.89. The van der Waals surface area contributed by atoms with Gasteiger partial charge in [0.2, 0.25) is 5.91 Å². The van der Waals surface area contributed by atoms with Crippen LogP contribution in [0.1, 0.15) is 66.5 Å². The molecule has 0 bridgehead atoms. The van der Waals surface area contributed by atoms with Gasteiger partial charge in [-0.1, -0.05) is 81.4 Å². The van der Waals surface area contributed by atoms with Crippen molar-refractivity contribution in [3.05, 3.63) is 71.8 Å². The fraction of sp³-hybridized carbons (Fsp3) is 0.500. The van der Waals surface area contributed by atoms with Crippen LogP contribution in [0.4, 0.5) is 4.79 Å². The van der Waals surface area contributed by atoms with Gasteiger partial charge in [-0.2, -0.15) is 0 Å². The summed E-state index contributed by atoms with van der Waals surface area (Å²) >= 11 is 0. The first-order valence-corrected chi connectivity index (χ1v) is 13.7. The molecule has 0 aliphatic rings. The Kier molecular flexibility index (Phi) is 14.8. The number of ether oxygens (including phenoxy) is 3. The highest BCUT2D eigenvalue weighted by atomic mass is 16.6. The van der Waals surface area contributed by atoms with Gasteiger partial charge in [0.1, 0.15) is 23.7 Å². The normalized spacial score (nSPS) is 11.9. The summed E-state index contributed by atoms with van der Waals surface area (Å²) in [6.07, 6.45) is -0.799. The second-order valence-electron chi connectivity index (χ2n) is 11.8. The number of esters is 1. The molecule has 0 heterocycles. The van der Waals surface area contributed by atoms with Crippen LogP contribution in [0.5, 0.6) is 0 Å². The van der Waals surface area contributed by atoms with E-state index >= 15 is 0 Å². The Morgan fingerprint density at radius 1 is 0.780 bits per heavy atom. The van der Waals surface area contributed by atoms with Crippen molar-refractivity contribution in [2.24, 2.45) is 11.3 Å². The van der Waals surface area contributed by atoms with Crippen LogP contribution in [0.25, 0.3) is 0 Å². The van der Waals surface area contributed by atoms with E-state index in [0.717, 1.165) is 17.0 Å². The second kappa shape index (κ2) is 17.2. The summed E-state index contributed by atoms with van der Waals surface area (Å²) in [5.74, 6) is -1.06. The van der Waals surface area contributed by atoms with Gasteiger partial charge in [0.25, 0.3) is 0 Å². The zero-order valence-electron chi connectivity index (χ0n) is 25.6. The Morgan fingerprint density at radius 2 is 1.27 bits per heavy atom. The molecule has 1 unspecified atom stereocenters. The van der Waals surface area contributed by atoms with Crippen molar-refractivity contribution < 1.29 is 33.4 Å². The zero-order valence-corrected chi connectivity index (χ0v) is 25.6. The number of benzene rings is 2. The Hall–Kier alpha value is -3.72. The van der Waals surface area contributed by atoms with E-state index in [1.807, 2.05) is 48.5 Å². The number of carbonyl (C=O) groups excluding carboxylic acids is 4. The molecule has 0 saturated carbocycles. The molecule has 226 valence electrons. The van der Waals surface area contributed by atoms with E-state index in [4.69, 9.17) is 14.2 Å². The number of Topliss-reactive ketones (excluding diaryl/α,β-unsaturated/α-hetero) is 1. The van der Waals surface area contributed by atoms with Crippen LogP contribution in [0.15, 0.2) is 60.7 Å². The third kappa shape index (κ3) is 15.0. The third-order valence-electron chi connectivity index (χ3n) is 5.25. The molecule has 0 aliphatic carbocycles. The summed E-state index contributed by atoms with van der Waals surface area (Å²) in [7, 11) is 0. The van der Waals surface area contributed by atoms with Gasteiger partial charge in [-0.3, -0.25) is 14.4 Å². The molecule has 0 aliphatic heterocycles. The molecular formula is C32H46N2O7. The lowest BCUT2D eigenvalue weighted by Crippen LogP contribution is -2.52. The third-order valence-corrected chi connectivity index (χ3v) is 5.25. The van der Waals surface area contributed by atoms with E-state index in [9.17, 15) is 19.2 Å². The van der Waals surface area contributed by atoms with Gasteiger partial charge in [-0.15, -0.1) is 0 Å². The molecule has 2 N–H and O–H groups in total. The topological polar surface area (TPSA) is 120 Å². The molecule has 0 fully saturated rings. The minimum atomic E-state index is -1.49. The molecular weight excluding hydrogens is 524 g/mol. The van der Waals surface area contributed by atoms with Gasteiger partial charge in [0.05, 0.1) is 19.8 Å². The molecule has 2 aromatic carbocycles. The number of carbonyl (C=O) groups is 4. The molecule has 0 saturated heterocycles. The summed E-state index contributed by atoms with van der Waals surface area (Å²) in [6.45, 7) is 14.1. The van der Waals surface area contributed by atoms with Crippen LogP contribution in [-0.2, 0) is 41.8 Å². The Labute approximate surface area is 244 Å². The summed E-state index contributed by atoms with van der Waals surface area (Å²) in [5.41, 5.74) is -0.570.